The molecular formula is C13H13BrFNO2. The van der Waals surface area contributed by atoms with Crippen molar-refractivity contribution in [3.05, 3.63) is 34.1 Å². The second kappa shape index (κ2) is 4.46. The van der Waals surface area contributed by atoms with E-state index in [1.54, 1.807) is 19.9 Å². The van der Waals surface area contributed by atoms with Crippen molar-refractivity contribution in [3.63, 3.8) is 0 Å². The molecule has 2 amide bonds. The van der Waals surface area contributed by atoms with Crippen molar-refractivity contribution in [2.75, 3.05) is 0 Å². The van der Waals surface area contributed by atoms with Crippen molar-refractivity contribution >= 4 is 27.7 Å². The summed E-state index contributed by atoms with van der Waals surface area (Å²) in [5.41, 5.74) is 0.0830. The minimum atomic E-state index is -0.635. The number of imide groups is 1. The maximum absolute atomic E-state index is 13.0. The molecule has 0 atom stereocenters. The van der Waals surface area contributed by atoms with Gasteiger partial charge in [-0.3, -0.25) is 14.5 Å². The summed E-state index contributed by atoms with van der Waals surface area (Å²) < 4.78 is 13.5. The zero-order chi connectivity index (χ0) is 13.5. The van der Waals surface area contributed by atoms with E-state index in [0.717, 1.165) is 5.56 Å². The van der Waals surface area contributed by atoms with Crippen LogP contribution in [0, 0.1) is 11.2 Å². The molecule has 1 heterocycles. The lowest BCUT2D eigenvalue weighted by atomic mass is 9.92. The third-order valence-corrected chi connectivity index (χ3v) is 3.80. The van der Waals surface area contributed by atoms with Gasteiger partial charge in [-0.15, -0.1) is 0 Å². The zero-order valence-corrected chi connectivity index (χ0v) is 11.8. The molecule has 96 valence electrons. The van der Waals surface area contributed by atoms with Crippen LogP contribution >= 0.6 is 15.9 Å². The number of rotatable bonds is 2. The van der Waals surface area contributed by atoms with E-state index < -0.39 is 5.41 Å². The Morgan fingerprint density at radius 3 is 2.56 bits per heavy atom. The van der Waals surface area contributed by atoms with Gasteiger partial charge in [0.2, 0.25) is 11.8 Å². The smallest absolute Gasteiger partial charge is 0.235 e. The van der Waals surface area contributed by atoms with Gasteiger partial charge in [-0.05, 0) is 17.7 Å². The lowest BCUT2D eigenvalue weighted by Crippen LogP contribution is -2.32. The Balaban J connectivity index is 2.24. The fourth-order valence-corrected chi connectivity index (χ4v) is 2.48. The van der Waals surface area contributed by atoms with E-state index in [2.05, 4.69) is 15.9 Å². The summed E-state index contributed by atoms with van der Waals surface area (Å²) in [6.45, 7) is 3.70. The second-order valence-electron chi connectivity index (χ2n) is 5.08. The van der Waals surface area contributed by atoms with Crippen LogP contribution in [0.2, 0.25) is 0 Å². The Hall–Kier alpha value is -1.23. The molecule has 0 aromatic heterocycles. The molecule has 18 heavy (non-hydrogen) atoms. The van der Waals surface area contributed by atoms with E-state index in [9.17, 15) is 14.0 Å². The summed E-state index contributed by atoms with van der Waals surface area (Å²) in [7, 11) is 0. The van der Waals surface area contributed by atoms with Gasteiger partial charge in [0.05, 0.1) is 12.0 Å². The fraction of sp³-hybridized carbons (Fsp3) is 0.385. The quantitative estimate of drug-likeness (QED) is 0.787. The van der Waals surface area contributed by atoms with Crippen molar-refractivity contribution in [1.29, 1.82) is 0 Å². The standard InChI is InChI=1S/C13H13BrFNO2/c1-13(2)6-11(17)16(12(13)18)7-8-3-4-9(15)5-10(8)14/h3-5H,6-7H2,1-2H3. The Morgan fingerprint density at radius 2 is 2.06 bits per heavy atom. The highest BCUT2D eigenvalue weighted by atomic mass is 79.9. The Kier molecular flexibility index (Phi) is 3.27. The summed E-state index contributed by atoms with van der Waals surface area (Å²) in [5.74, 6) is -0.713. The van der Waals surface area contributed by atoms with Crippen LogP contribution in [-0.2, 0) is 16.1 Å². The highest BCUT2D eigenvalue weighted by Gasteiger charge is 2.44. The summed E-state index contributed by atoms with van der Waals surface area (Å²) in [6.07, 6.45) is 0.227. The third kappa shape index (κ3) is 2.32. The predicted molar refractivity (Wildman–Crippen MR) is 68.1 cm³/mol. The number of nitrogens with zero attached hydrogens (tertiary/aromatic N) is 1. The van der Waals surface area contributed by atoms with Gasteiger partial charge in [0.25, 0.3) is 0 Å². The molecule has 1 aromatic rings. The Labute approximate surface area is 113 Å². The molecule has 0 spiro atoms. The maximum Gasteiger partial charge on any atom is 0.235 e. The first-order valence-corrected chi connectivity index (χ1v) is 6.39. The molecule has 0 aliphatic carbocycles. The van der Waals surface area contributed by atoms with Crippen molar-refractivity contribution < 1.29 is 14.0 Å². The van der Waals surface area contributed by atoms with E-state index in [4.69, 9.17) is 0 Å². The average molecular weight is 314 g/mol. The molecule has 2 rings (SSSR count). The molecule has 1 saturated heterocycles. The van der Waals surface area contributed by atoms with Crippen LogP contribution in [0.5, 0.6) is 0 Å². The highest BCUT2D eigenvalue weighted by Crippen LogP contribution is 2.33. The van der Waals surface area contributed by atoms with Crippen LogP contribution < -0.4 is 0 Å². The topological polar surface area (TPSA) is 37.4 Å². The van der Waals surface area contributed by atoms with Gasteiger partial charge >= 0.3 is 0 Å². The summed E-state index contributed by atoms with van der Waals surface area (Å²) in [4.78, 5) is 25.1. The number of halogens is 2. The minimum Gasteiger partial charge on any atom is -0.278 e. The first-order valence-electron chi connectivity index (χ1n) is 5.60. The summed E-state index contributed by atoms with van der Waals surface area (Å²) in [5, 5.41) is 0. The largest absolute Gasteiger partial charge is 0.278 e. The molecular weight excluding hydrogens is 301 g/mol. The van der Waals surface area contributed by atoms with Crippen molar-refractivity contribution in [3.8, 4) is 0 Å². The Bertz CT molecular complexity index is 528. The van der Waals surface area contributed by atoms with Gasteiger partial charge in [-0.25, -0.2) is 4.39 Å². The number of carbonyl (C=O) groups is 2. The van der Waals surface area contributed by atoms with E-state index in [-0.39, 0.29) is 30.6 Å². The molecule has 5 heteroatoms. The summed E-state index contributed by atoms with van der Waals surface area (Å²) in [6, 6.07) is 4.22. The average Bonchev–Trinajstić information content (AvgIpc) is 2.44. The monoisotopic (exact) mass is 313 g/mol. The number of amides is 2. The van der Waals surface area contributed by atoms with Crippen LogP contribution in [-0.4, -0.2) is 16.7 Å². The molecule has 0 bridgehead atoms. The molecule has 0 saturated carbocycles. The van der Waals surface area contributed by atoms with Crippen LogP contribution in [0.4, 0.5) is 4.39 Å². The van der Waals surface area contributed by atoms with E-state index >= 15 is 0 Å². The maximum atomic E-state index is 13.0. The molecule has 1 aromatic carbocycles. The minimum absolute atomic E-state index is 0.177. The van der Waals surface area contributed by atoms with Crippen LogP contribution in [0.15, 0.2) is 22.7 Å². The van der Waals surface area contributed by atoms with Crippen LogP contribution in [0.1, 0.15) is 25.8 Å². The van der Waals surface area contributed by atoms with Crippen LogP contribution in [0.25, 0.3) is 0 Å². The number of likely N-dealkylation sites (tertiary alicyclic amines) is 1. The zero-order valence-electron chi connectivity index (χ0n) is 10.2. The second-order valence-corrected chi connectivity index (χ2v) is 5.94. The molecule has 1 fully saturated rings. The number of carbonyl (C=O) groups excluding carboxylic acids is 2. The molecule has 0 N–H and O–H groups in total. The number of benzene rings is 1. The van der Waals surface area contributed by atoms with Crippen molar-refractivity contribution in [1.82, 2.24) is 4.90 Å². The lowest BCUT2D eigenvalue weighted by molar-refractivity contribution is -0.141. The number of hydrogen-bond acceptors (Lipinski definition) is 2. The number of hydrogen-bond donors (Lipinski definition) is 0. The fourth-order valence-electron chi connectivity index (χ4n) is 2.01. The SMILES string of the molecule is CC1(C)CC(=O)N(Cc2ccc(F)cc2Br)C1=O. The van der Waals surface area contributed by atoms with Gasteiger partial charge in [0, 0.05) is 10.9 Å². The van der Waals surface area contributed by atoms with E-state index in [1.165, 1.54) is 17.0 Å². The van der Waals surface area contributed by atoms with Crippen LogP contribution in [0.3, 0.4) is 0 Å². The van der Waals surface area contributed by atoms with E-state index in [0.29, 0.717) is 4.47 Å². The molecule has 0 unspecified atom stereocenters. The highest BCUT2D eigenvalue weighted by molar-refractivity contribution is 9.10. The van der Waals surface area contributed by atoms with Gasteiger partial charge < -0.3 is 0 Å². The van der Waals surface area contributed by atoms with Gasteiger partial charge in [-0.1, -0.05) is 35.8 Å². The lowest BCUT2D eigenvalue weighted by Gasteiger charge is -2.18. The normalized spacial score (nSPS) is 18.6. The Morgan fingerprint density at radius 1 is 1.39 bits per heavy atom. The molecule has 1 aliphatic rings. The van der Waals surface area contributed by atoms with E-state index in [1.807, 2.05) is 0 Å². The van der Waals surface area contributed by atoms with Crippen molar-refractivity contribution in [2.45, 2.75) is 26.8 Å². The molecule has 0 radical (unpaired) electrons. The first-order chi connectivity index (χ1) is 8.31. The summed E-state index contributed by atoms with van der Waals surface area (Å²) >= 11 is 3.23. The third-order valence-electron chi connectivity index (χ3n) is 3.06. The van der Waals surface area contributed by atoms with Gasteiger partial charge in [0.1, 0.15) is 5.82 Å². The predicted octanol–water partition coefficient (Wildman–Crippen LogP) is 2.87. The van der Waals surface area contributed by atoms with Gasteiger partial charge in [-0.2, -0.15) is 0 Å². The first kappa shape index (κ1) is 13.2. The van der Waals surface area contributed by atoms with Crippen molar-refractivity contribution in [2.24, 2.45) is 5.41 Å². The van der Waals surface area contributed by atoms with Gasteiger partial charge in [0.15, 0.2) is 0 Å². The molecule has 3 nitrogen and oxygen atoms in total. The molecule has 1 aliphatic heterocycles.